The first-order valence-electron chi connectivity index (χ1n) is 11.8. The van der Waals surface area contributed by atoms with Crippen LogP contribution in [0.25, 0.3) is 0 Å². The molecule has 0 radical (unpaired) electrons. The Morgan fingerprint density at radius 3 is 1.97 bits per heavy atom. The average Bonchev–Trinajstić information content (AvgIpc) is 2.83. The summed E-state index contributed by atoms with van der Waals surface area (Å²) in [6, 6.07) is 28.3. The molecule has 174 valence electrons. The largest absolute Gasteiger partial charge is 0.382 e. The van der Waals surface area contributed by atoms with Crippen molar-refractivity contribution in [2.24, 2.45) is 0 Å². The Hall–Kier alpha value is -2.04. The van der Waals surface area contributed by atoms with Crippen molar-refractivity contribution >= 4 is 28.9 Å². The standard InChI is InChI=1S/C28H33Cl2N3/c1-22(33(20-23-8-4-2-5-9-23)21-24-10-6-3-7-11-24)19-32-16-14-25(15-17-32)31-26-12-13-27(29)28(30)18-26/h2-13,18,22,25,31H,14-17,19-21H2,1H3/t22-/m0/s1. The van der Waals surface area contributed by atoms with Gasteiger partial charge in [0.1, 0.15) is 0 Å². The van der Waals surface area contributed by atoms with Crippen molar-refractivity contribution in [3.63, 3.8) is 0 Å². The van der Waals surface area contributed by atoms with Gasteiger partial charge in [-0.3, -0.25) is 4.90 Å². The van der Waals surface area contributed by atoms with Crippen LogP contribution >= 0.6 is 23.2 Å². The summed E-state index contributed by atoms with van der Waals surface area (Å²) in [6.07, 6.45) is 2.26. The van der Waals surface area contributed by atoms with Crippen LogP contribution in [0.15, 0.2) is 78.9 Å². The molecule has 1 N–H and O–H groups in total. The molecule has 0 saturated carbocycles. The zero-order chi connectivity index (χ0) is 23.0. The highest BCUT2D eigenvalue weighted by atomic mass is 35.5. The average molecular weight is 482 g/mol. The minimum absolute atomic E-state index is 0.463. The van der Waals surface area contributed by atoms with Gasteiger partial charge in [-0.15, -0.1) is 0 Å². The third-order valence-corrected chi connectivity index (χ3v) is 7.22. The normalized spacial score (nSPS) is 16.1. The maximum absolute atomic E-state index is 6.17. The number of rotatable bonds is 9. The quantitative estimate of drug-likeness (QED) is 0.356. The summed E-state index contributed by atoms with van der Waals surface area (Å²) in [6.45, 7) is 7.59. The van der Waals surface area contributed by atoms with Gasteiger partial charge in [0.15, 0.2) is 0 Å². The van der Waals surface area contributed by atoms with Gasteiger partial charge in [0.05, 0.1) is 10.0 Å². The second kappa shape index (κ2) is 11.9. The summed E-state index contributed by atoms with van der Waals surface area (Å²) in [5.74, 6) is 0. The Morgan fingerprint density at radius 2 is 1.42 bits per heavy atom. The van der Waals surface area contributed by atoms with Crippen LogP contribution in [0, 0.1) is 0 Å². The van der Waals surface area contributed by atoms with Crippen LogP contribution in [-0.4, -0.2) is 41.5 Å². The molecule has 0 spiro atoms. The Kier molecular flexibility index (Phi) is 8.69. The molecule has 5 heteroatoms. The first kappa shape index (κ1) is 24.1. The number of nitrogens with one attached hydrogen (secondary N) is 1. The molecule has 1 aliphatic heterocycles. The molecule has 0 aromatic heterocycles. The van der Waals surface area contributed by atoms with E-state index in [1.165, 1.54) is 11.1 Å². The van der Waals surface area contributed by atoms with Gasteiger partial charge in [-0.1, -0.05) is 83.9 Å². The van der Waals surface area contributed by atoms with Gasteiger partial charge < -0.3 is 10.2 Å². The number of piperidine rings is 1. The van der Waals surface area contributed by atoms with E-state index in [1.807, 2.05) is 18.2 Å². The van der Waals surface area contributed by atoms with Gasteiger partial charge in [-0.25, -0.2) is 0 Å². The summed E-state index contributed by atoms with van der Waals surface area (Å²) in [5, 5.41) is 4.83. The predicted octanol–water partition coefficient (Wildman–Crippen LogP) is 6.96. The zero-order valence-electron chi connectivity index (χ0n) is 19.3. The lowest BCUT2D eigenvalue weighted by atomic mass is 10.0. The molecule has 3 nitrogen and oxygen atoms in total. The maximum atomic E-state index is 6.17. The minimum atomic E-state index is 0.463. The second-order valence-corrected chi connectivity index (χ2v) is 9.89. The van der Waals surface area contributed by atoms with Gasteiger partial charge in [0.25, 0.3) is 0 Å². The number of anilines is 1. The van der Waals surface area contributed by atoms with E-state index >= 15 is 0 Å². The Labute approximate surface area is 208 Å². The molecule has 1 saturated heterocycles. The molecule has 1 aliphatic rings. The van der Waals surface area contributed by atoms with Crippen molar-refractivity contribution in [1.82, 2.24) is 9.80 Å². The Bertz CT molecular complexity index is 947. The smallest absolute Gasteiger partial charge is 0.0612 e. The van der Waals surface area contributed by atoms with Crippen LogP contribution in [-0.2, 0) is 13.1 Å². The Balaban J connectivity index is 1.32. The number of halogens is 2. The SMILES string of the molecule is C[C@@H](CN1CCC(Nc2ccc(Cl)c(Cl)c2)CC1)N(Cc1ccccc1)Cc1ccccc1. The lowest BCUT2D eigenvalue weighted by Crippen LogP contribution is -2.46. The lowest BCUT2D eigenvalue weighted by Gasteiger charge is -2.37. The Morgan fingerprint density at radius 1 is 0.848 bits per heavy atom. The topological polar surface area (TPSA) is 18.5 Å². The monoisotopic (exact) mass is 481 g/mol. The van der Waals surface area contributed by atoms with Crippen molar-refractivity contribution in [2.45, 2.75) is 44.9 Å². The van der Waals surface area contributed by atoms with Crippen LogP contribution in [0.2, 0.25) is 10.0 Å². The van der Waals surface area contributed by atoms with Crippen LogP contribution in [0.5, 0.6) is 0 Å². The van der Waals surface area contributed by atoms with E-state index in [-0.39, 0.29) is 0 Å². The third kappa shape index (κ3) is 7.22. The first-order chi connectivity index (χ1) is 16.1. The van der Waals surface area contributed by atoms with Gasteiger partial charge in [-0.2, -0.15) is 0 Å². The van der Waals surface area contributed by atoms with Crippen molar-refractivity contribution in [2.75, 3.05) is 25.0 Å². The first-order valence-corrected chi connectivity index (χ1v) is 12.6. The predicted molar refractivity (Wildman–Crippen MR) is 141 cm³/mol. The van der Waals surface area contributed by atoms with Crippen molar-refractivity contribution in [3.8, 4) is 0 Å². The molecule has 0 aliphatic carbocycles. The molecular weight excluding hydrogens is 449 g/mol. The van der Waals surface area contributed by atoms with Gasteiger partial charge in [-0.05, 0) is 49.1 Å². The van der Waals surface area contributed by atoms with Gasteiger partial charge >= 0.3 is 0 Å². The summed E-state index contributed by atoms with van der Waals surface area (Å²) >= 11 is 12.2. The van der Waals surface area contributed by atoms with Crippen molar-refractivity contribution < 1.29 is 0 Å². The summed E-state index contributed by atoms with van der Waals surface area (Å²) in [5.41, 5.74) is 3.78. The lowest BCUT2D eigenvalue weighted by molar-refractivity contribution is 0.120. The third-order valence-electron chi connectivity index (χ3n) is 6.48. The molecule has 0 amide bonds. The number of hydrogen-bond acceptors (Lipinski definition) is 3. The molecule has 3 aromatic rings. The minimum Gasteiger partial charge on any atom is -0.382 e. The van der Waals surface area contributed by atoms with Gasteiger partial charge in [0, 0.05) is 50.5 Å². The molecule has 33 heavy (non-hydrogen) atoms. The van der Waals surface area contributed by atoms with E-state index < -0.39 is 0 Å². The fraction of sp³-hybridized carbons (Fsp3) is 0.357. The molecule has 0 unspecified atom stereocenters. The van der Waals surface area contributed by atoms with Crippen LogP contribution < -0.4 is 5.32 Å². The molecule has 1 fully saturated rings. The van der Waals surface area contributed by atoms with Crippen molar-refractivity contribution in [3.05, 3.63) is 100 Å². The zero-order valence-corrected chi connectivity index (χ0v) is 20.8. The van der Waals surface area contributed by atoms with Crippen molar-refractivity contribution in [1.29, 1.82) is 0 Å². The summed E-state index contributed by atoms with van der Waals surface area (Å²) < 4.78 is 0. The highest BCUT2D eigenvalue weighted by molar-refractivity contribution is 6.42. The molecule has 1 heterocycles. The number of nitrogens with zero attached hydrogens (tertiary/aromatic N) is 2. The van der Waals surface area contributed by atoms with Crippen LogP contribution in [0.1, 0.15) is 30.9 Å². The fourth-order valence-corrected chi connectivity index (χ4v) is 4.87. The van der Waals surface area contributed by atoms with E-state index in [0.717, 1.165) is 51.3 Å². The molecule has 0 bridgehead atoms. The number of likely N-dealkylation sites (tertiary alicyclic amines) is 1. The second-order valence-electron chi connectivity index (χ2n) is 9.07. The van der Waals surface area contributed by atoms with Gasteiger partial charge in [0.2, 0.25) is 0 Å². The highest BCUT2D eigenvalue weighted by Gasteiger charge is 2.23. The van der Waals surface area contributed by atoms with Crippen LogP contribution in [0.3, 0.4) is 0 Å². The highest BCUT2D eigenvalue weighted by Crippen LogP contribution is 2.26. The molecule has 3 aromatic carbocycles. The number of hydrogen-bond donors (Lipinski definition) is 1. The summed E-state index contributed by atoms with van der Waals surface area (Å²) in [7, 11) is 0. The van der Waals surface area contributed by atoms with E-state index in [4.69, 9.17) is 23.2 Å². The maximum Gasteiger partial charge on any atom is 0.0612 e. The van der Waals surface area contributed by atoms with E-state index in [1.54, 1.807) is 0 Å². The van der Waals surface area contributed by atoms with Crippen LogP contribution in [0.4, 0.5) is 5.69 Å². The van der Waals surface area contributed by atoms with E-state index in [0.29, 0.717) is 22.1 Å². The van der Waals surface area contributed by atoms with E-state index in [2.05, 4.69) is 82.7 Å². The molecular formula is C28H33Cl2N3. The fourth-order valence-electron chi connectivity index (χ4n) is 4.57. The molecule has 1 atom stereocenters. The summed E-state index contributed by atoms with van der Waals surface area (Å²) in [4.78, 5) is 5.21. The van der Waals surface area contributed by atoms with E-state index in [9.17, 15) is 0 Å². The molecule has 4 rings (SSSR count). The number of benzene rings is 3.